The van der Waals surface area contributed by atoms with E-state index in [1.807, 2.05) is 0 Å². The lowest BCUT2D eigenvalue weighted by Crippen LogP contribution is -2.14. The van der Waals surface area contributed by atoms with E-state index in [9.17, 15) is 4.79 Å². The molecule has 110 valence electrons. The quantitative estimate of drug-likeness (QED) is 0.740. The van der Waals surface area contributed by atoms with E-state index in [1.54, 1.807) is 30.3 Å². The zero-order chi connectivity index (χ0) is 15.6. The van der Waals surface area contributed by atoms with Crippen LogP contribution in [0, 0.1) is 0 Å². The fourth-order valence-electron chi connectivity index (χ4n) is 2.20. The topological polar surface area (TPSA) is 114 Å². The average Bonchev–Trinajstić information content (AvgIpc) is 2.47. The fraction of sp³-hybridized carbons (Fsp3) is 0.133. The van der Waals surface area contributed by atoms with Crippen LogP contribution in [0.1, 0.15) is 10.4 Å². The second-order valence-corrected chi connectivity index (χ2v) is 4.43. The number of anilines is 2. The Morgan fingerprint density at radius 3 is 2.29 bits per heavy atom. The van der Waals surface area contributed by atoms with Gasteiger partial charge in [0.15, 0.2) is 0 Å². The summed E-state index contributed by atoms with van der Waals surface area (Å²) < 4.78 is 10.5. The second-order valence-electron chi connectivity index (χ2n) is 4.43. The Morgan fingerprint density at radius 2 is 1.71 bits per heavy atom. The summed E-state index contributed by atoms with van der Waals surface area (Å²) in [6.07, 6.45) is 0. The number of rotatable bonds is 4. The molecule has 2 aromatic carbocycles. The summed E-state index contributed by atoms with van der Waals surface area (Å²) in [6.45, 7) is 0. The minimum atomic E-state index is -0.645. The minimum Gasteiger partial charge on any atom is -0.496 e. The van der Waals surface area contributed by atoms with Crippen LogP contribution < -0.4 is 26.7 Å². The van der Waals surface area contributed by atoms with Gasteiger partial charge in [0, 0.05) is 22.5 Å². The van der Waals surface area contributed by atoms with Crippen LogP contribution in [0.3, 0.4) is 0 Å². The first kappa shape index (κ1) is 14.5. The van der Waals surface area contributed by atoms with Crippen LogP contribution in [0.2, 0.25) is 0 Å². The van der Waals surface area contributed by atoms with Gasteiger partial charge in [-0.05, 0) is 30.3 Å². The maximum Gasteiger partial charge on any atom is 0.256 e. The normalized spacial score (nSPS) is 10.2. The molecule has 1 amide bonds. The van der Waals surface area contributed by atoms with Gasteiger partial charge in [0.25, 0.3) is 5.91 Å². The Labute approximate surface area is 122 Å². The Balaban J connectivity index is 2.78. The Bertz CT molecular complexity index is 699. The van der Waals surface area contributed by atoms with Gasteiger partial charge in [0.1, 0.15) is 17.1 Å². The molecule has 0 atom stereocenters. The maximum absolute atomic E-state index is 11.7. The lowest BCUT2D eigenvalue weighted by atomic mass is 9.98. The average molecular weight is 287 g/mol. The molecule has 2 aromatic rings. The molecule has 0 saturated heterocycles. The molecule has 0 saturated carbocycles. The zero-order valence-electron chi connectivity index (χ0n) is 11.8. The Kier molecular flexibility index (Phi) is 3.89. The molecule has 6 heteroatoms. The predicted octanol–water partition coefficient (Wildman–Crippen LogP) is 1.63. The van der Waals surface area contributed by atoms with Crippen LogP contribution in [0.5, 0.6) is 11.5 Å². The van der Waals surface area contributed by atoms with Gasteiger partial charge in [-0.1, -0.05) is 0 Å². The molecule has 0 aliphatic rings. The number of ether oxygens (including phenoxy) is 2. The van der Waals surface area contributed by atoms with Crippen LogP contribution in [-0.4, -0.2) is 20.1 Å². The first-order valence-corrected chi connectivity index (χ1v) is 6.19. The minimum absolute atomic E-state index is 0.166. The molecule has 6 N–H and O–H groups in total. The van der Waals surface area contributed by atoms with Crippen molar-refractivity contribution >= 4 is 17.3 Å². The molecule has 0 fully saturated rings. The number of methoxy groups -OCH3 is 2. The summed E-state index contributed by atoms with van der Waals surface area (Å²) in [7, 11) is 2.91. The lowest BCUT2D eigenvalue weighted by molar-refractivity contribution is 0.0994. The molecule has 6 nitrogen and oxygen atoms in total. The van der Waals surface area contributed by atoms with Crippen molar-refractivity contribution in [3.05, 3.63) is 35.9 Å². The number of nitrogen functional groups attached to an aromatic ring is 2. The van der Waals surface area contributed by atoms with Gasteiger partial charge in [-0.25, -0.2) is 0 Å². The van der Waals surface area contributed by atoms with Crippen molar-refractivity contribution in [1.29, 1.82) is 0 Å². The molecule has 2 rings (SSSR count). The van der Waals surface area contributed by atoms with Gasteiger partial charge in [0.2, 0.25) is 0 Å². The van der Waals surface area contributed by atoms with Gasteiger partial charge >= 0.3 is 0 Å². The van der Waals surface area contributed by atoms with Crippen molar-refractivity contribution in [3.63, 3.8) is 0 Å². The van der Waals surface area contributed by atoms with Gasteiger partial charge in [-0.2, -0.15) is 0 Å². The number of benzene rings is 2. The molecule has 0 spiro atoms. The highest BCUT2D eigenvalue weighted by atomic mass is 16.5. The van der Waals surface area contributed by atoms with Crippen molar-refractivity contribution in [3.8, 4) is 22.6 Å². The number of hydrogen-bond acceptors (Lipinski definition) is 5. The highest BCUT2D eigenvalue weighted by Crippen LogP contribution is 2.40. The smallest absolute Gasteiger partial charge is 0.256 e. The van der Waals surface area contributed by atoms with E-state index in [0.29, 0.717) is 34.0 Å². The van der Waals surface area contributed by atoms with E-state index in [4.69, 9.17) is 26.7 Å². The maximum atomic E-state index is 11.7. The fourth-order valence-corrected chi connectivity index (χ4v) is 2.20. The molecule has 0 radical (unpaired) electrons. The molecular weight excluding hydrogens is 270 g/mol. The summed E-state index contributed by atoms with van der Waals surface area (Å²) in [5, 5.41) is 0. The van der Waals surface area contributed by atoms with Gasteiger partial charge in [-0.3, -0.25) is 4.79 Å². The van der Waals surface area contributed by atoms with E-state index in [1.165, 1.54) is 14.2 Å². The summed E-state index contributed by atoms with van der Waals surface area (Å²) in [5.41, 5.74) is 19.7. The molecule has 0 aromatic heterocycles. The van der Waals surface area contributed by atoms with Gasteiger partial charge in [-0.15, -0.1) is 0 Å². The monoisotopic (exact) mass is 287 g/mol. The van der Waals surface area contributed by atoms with E-state index in [2.05, 4.69) is 0 Å². The first-order valence-electron chi connectivity index (χ1n) is 6.19. The Hall–Kier alpha value is -2.89. The molecule has 21 heavy (non-hydrogen) atoms. The van der Waals surface area contributed by atoms with E-state index in [-0.39, 0.29) is 5.56 Å². The number of carbonyl (C=O) groups is 1. The van der Waals surface area contributed by atoms with Crippen LogP contribution in [0.15, 0.2) is 30.3 Å². The summed E-state index contributed by atoms with van der Waals surface area (Å²) in [4.78, 5) is 11.7. The lowest BCUT2D eigenvalue weighted by Gasteiger charge is -2.16. The number of amides is 1. The summed E-state index contributed by atoms with van der Waals surface area (Å²) >= 11 is 0. The van der Waals surface area contributed by atoms with Gasteiger partial charge in [0.05, 0.1) is 14.2 Å². The molecular formula is C15H17N3O3. The SMILES string of the molecule is COc1ccc(-c2cc(N)ccc2N)c(OC)c1C(N)=O. The van der Waals surface area contributed by atoms with E-state index >= 15 is 0 Å². The van der Waals surface area contributed by atoms with Crippen molar-refractivity contribution < 1.29 is 14.3 Å². The van der Waals surface area contributed by atoms with E-state index in [0.717, 1.165) is 0 Å². The molecule has 0 bridgehead atoms. The highest BCUT2D eigenvalue weighted by Gasteiger charge is 2.21. The van der Waals surface area contributed by atoms with Crippen LogP contribution in [0.25, 0.3) is 11.1 Å². The van der Waals surface area contributed by atoms with Gasteiger partial charge < -0.3 is 26.7 Å². The van der Waals surface area contributed by atoms with Crippen molar-refractivity contribution in [2.75, 3.05) is 25.7 Å². The standard InChI is InChI=1S/C15H17N3O3/c1-20-12-6-4-9(14(21-2)13(12)15(18)19)10-7-8(16)3-5-11(10)17/h3-7H,16-17H2,1-2H3,(H2,18,19). The molecule has 0 unspecified atom stereocenters. The highest BCUT2D eigenvalue weighted by molar-refractivity contribution is 6.02. The number of hydrogen-bond donors (Lipinski definition) is 3. The zero-order valence-corrected chi connectivity index (χ0v) is 11.8. The number of nitrogens with two attached hydrogens (primary N) is 3. The number of carbonyl (C=O) groups excluding carboxylic acids is 1. The van der Waals surface area contributed by atoms with Crippen LogP contribution >= 0.6 is 0 Å². The molecule has 0 aliphatic heterocycles. The van der Waals surface area contributed by atoms with E-state index < -0.39 is 5.91 Å². The van der Waals surface area contributed by atoms with Crippen molar-refractivity contribution in [2.24, 2.45) is 5.73 Å². The molecule has 0 heterocycles. The summed E-state index contributed by atoms with van der Waals surface area (Å²) in [6, 6.07) is 8.49. The number of primary amides is 1. The third kappa shape index (κ3) is 2.55. The third-order valence-corrected chi connectivity index (χ3v) is 3.16. The predicted molar refractivity (Wildman–Crippen MR) is 82.3 cm³/mol. The van der Waals surface area contributed by atoms with Crippen LogP contribution in [-0.2, 0) is 0 Å². The Morgan fingerprint density at radius 1 is 1.00 bits per heavy atom. The second kappa shape index (κ2) is 5.62. The molecule has 0 aliphatic carbocycles. The largest absolute Gasteiger partial charge is 0.496 e. The van der Waals surface area contributed by atoms with Crippen LogP contribution in [0.4, 0.5) is 11.4 Å². The van der Waals surface area contributed by atoms with Crippen molar-refractivity contribution in [2.45, 2.75) is 0 Å². The van der Waals surface area contributed by atoms with Crippen molar-refractivity contribution in [1.82, 2.24) is 0 Å². The third-order valence-electron chi connectivity index (χ3n) is 3.16. The summed E-state index contributed by atoms with van der Waals surface area (Å²) in [5.74, 6) is -0.00208. The first-order chi connectivity index (χ1) is 9.99.